The fraction of sp³-hybridized carbons (Fsp3) is 1.00. The lowest BCUT2D eigenvalue weighted by molar-refractivity contribution is 0.312. The fourth-order valence-corrected chi connectivity index (χ4v) is 1.27. The zero-order chi connectivity index (χ0) is 8.04. The van der Waals surface area contributed by atoms with Gasteiger partial charge in [-0.25, -0.2) is 0 Å². The van der Waals surface area contributed by atoms with Crippen molar-refractivity contribution < 1.29 is 0 Å². The number of alkyl halides is 1. The zero-order valence-corrected chi connectivity index (χ0v) is 9.00. The fourth-order valence-electron chi connectivity index (χ4n) is 0.875. The summed E-state index contributed by atoms with van der Waals surface area (Å²) in [6, 6.07) is 0. The van der Waals surface area contributed by atoms with Crippen molar-refractivity contribution in [3.63, 3.8) is 0 Å². The summed E-state index contributed by atoms with van der Waals surface area (Å²) in [6.07, 6.45) is 5.36. The van der Waals surface area contributed by atoms with Crippen molar-refractivity contribution in [1.29, 1.82) is 0 Å². The molecule has 0 amide bonds. The van der Waals surface area contributed by atoms with Crippen molar-refractivity contribution >= 4 is 15.9 Å². The average Bonchev–Trinajstić information content (AvgIpc) is 1.89. The summed E-state index contributed by atoms with van der Waals surface area (Å²) in [6.45, 7) is 6.97. The smallest absolute Gasteiger partial charge is 0.00313 e. The summed E-state index contributed by atoms with van der Waals surface area (Å²) in [5.41, 5.74) is 0.572. The quantitative estimate of drug-likeness (QED) is 0.472. The minimum Gasteiger partial charge on any atom is -0.0928 e. The van der Waals surface area contributed by atoms with Gasteiger partial charge in [0.25, 0.3) is 0 Å². The Morgan fingerprint density at radius 3 is 2.20 bits per heavy atom. The molecule has 0 saturated carbocycles. The summed E-state index contributed by atoms with van der Waals surface area (Å²) in [5, 5.41) is 1.16. The van der Waals surface area contributed by atoms with Crippen LogP contribution in [-0.2, 0) is 0 Å². The SMILES string of the molecule is CCC(C)(C)CCCCBr. The second-order valence-corrected chi connectivity index (χ2v) is 4.46. The Morgan fingerprint density at radius 2 is 1.80 bits per heavy atom. The highest BCUT2D eigenvalue weighted by atomic mass is 79.9. The molecule has 0 fully saturated rings. The van der Waals surface area contributed by atoms with Crippen LogP contribution in [0.4, 0.5) is 0 Å². The van der Waals surface area contributed by atoms with Gasteiger partial charge >= 0.3 is 0 Å². The van der Waals surface area contributed by atoms with Crippen LogP contribution in [0.25, 0.3) is 0 Å². The minimum atomic E-state index is 0.572. The Kier molecular flexibility index (Phi) is 5.42. The molecule has 0 spiro atoms. The molecular weight excluding hydrogens is 188 g/mol. The summed E-state index contributed by atoms with van der Waals surface area (Å²) in [5.74, 6) is 0. The van der Waals surface area contributed by atoms with Crippen LogP contribution in [0.2, 0.25) is 0 Å². The molecule has 0 aliphatic heterocycles. The molecule has 0 aromatic rings. The van der Waals surface area contributed by atoms with Gasteiger partial charge in [0.05, 0.1) is 0 Å². The topological polar surface area (TPSA) is 0 Å². The number of unbranched alkanes of at least 4 members (excludes halogenated alkanes) is 1. The van der Waals surface area contributed by atoms with Gasteiger partial charge in [0.2, 0.25) is 0 Å². The van der Waals surface area contributed by atoms with Crippen molar-refractivity contribution in [2.24, 2.45) is 5.41 Å². The van der Waals surface area contributed by atoms with Crippen LogP contribution in [0.15, 0.2) is 0 Å². The van der Waals surface area contributed by atoms with Crippen molar-refractivity contribution in [2.75, 3.05) is 5.33 Å². The van der Waals surface area contributed by atoms with E-state index in [4.69, 9.17) is 0 Å². The van der Waals surface area contributed by atoms with Gasteiger partial charge < -0.3 is 0 Å². The molecule has 0 aromatic carbocycles. The highest BCUT2D eigenvalue weighted by Gasteiger charge is 2.13. The Morgan fingerprint density at radius 1 is 1.20 bits per heavy atom. The van der Waals surface area contributed by atoms with Crippen LogP contribution in [0.3, 0.4) is 0 Å². The number of halogens is 1. The normalized spacial score (nSPS) is 12.0. The third-order valence-electron chi connectivity index (χ3n) is 2.19. The molecule has 0 heterocycles. The van der Waals surface area contributed by atoms with E-state index < -0.39 is 0 Å². The monoisotopic (exact) mass is 206 g/mol. The number of hydrogen-bond acceptors (Lipinski definition) is 0. The molecule has 0 N–H and O–H groups in total. The molecule has 62 valence electrons. The van der Waals surface area contributed by atoms with E-state index in [1.807, 2.05) is 0 Å². The maximum Gasteiger partial charge on any atom is 0.00313 e. The van der Waals surface area contributed by atoms with E-state index in [0.29, 0.717) is 5.41 Å². The first-order valence-electron chi connectivity index (χ1n) is 4.18. The summed E-state index contributed by atoms with van der Waals surface area (Å²) in [4.78, 5) is 0. The molecule has 0 aliphatic rings. The molecule has 0 aliphatic carbocycles. The van der Waals surface area contributed by atoms with Crippen LogP contribution >= 0.6 is 15.9 Å². The van der Waals surface area contributed by atoms with Crippen molar-refractivity contribution in [3.05, 3.63) is 0 Å². The molecular formula is C9H19Br. The molecule has 0 aromatic heterocycles. The molecule has 10 heavy (non-hydrogen) atoms. The van der Waals surface area contributed by atoms with Gasteiger partial charge in [-0.3, -0.25) is 0 Å². The van der Waals surface area contributed by atoms with Crippen LogP contribution in [0.5, 0.6) is 0 Å². The molecule has 0 radical (unpaired) electrons. The lowest BCUT2D eigenvalue weighted by atomic mass is 9.85. The first-order valence-corrected chi connectivity index (χ1v) is 5.30. The molecule has 1 heteroatoms. The van der Waals surface area contributed by atoms with E-state index in [2.05, 4.69) is 36.7 Å². The van der Waals surface area contributed by atoms with Gasteiger partial charge in [0, 0.05) is 5.33 Å². The highest BCUT2D eigenvalue weighted by molar-refractivity contribution is 9.09. The van der Waals surface area contributed by atoms with Crippen molar-refractivity contribution in [3.8, 4) is 0 Å². The van der Waals surface area contributed by atoms with E-state index in [9.17, 15) is 0 Å². The minimum absolute atomic E-state index is 0.572. The third-order valence-corrected chi connectivity index (χ3v) is 2.76. The lowest BCUT2D eigenvalue weighted by Gasteiger charge is -2.21. The van der Waals surface area contributed by atoms with Gasteiger partial charge in [-0.15, -0.1) is 0 Å². The van der Waals surface area contributed by atoms with E-state index in [1.165, 1.54) is 25.7 Å². The summed E-state index contributed by atoms with van der Waals surface area (Å²) < 4.78 is 0. The number of hydrogen-bond donors (Lipinski definition) is 0. The van der Waals surface area contributed by atoms with E-state index >= 15 is 0 Å². The average molecular weight is 207 g/mol. The largest absolute Gasteiger partial charge is 0.0928 e. The van der Waals surface area contributed by atoms with Crippen molar-refractivity contribution in [2.45, 2.75) is 46.5 Å². The Labute approximate surface area is 73.5 Å². The maximum atomic E-state index is 3.44. The Hall–Kier alpha value is 0.480. The Bertz CT molecular complexity index is 76.8. The van der Waals surface area contributed by atoms with Crippen molar-refractivity contribution in [1.82, 2.24) is 0 Å². The second kappa shape index (κ2) is 5.17. The van der Waals surface area contributed by atoms with E-state index in [1.54, 1.807) is 0 Å². The zero-order valence-electron chi connectivity index (χ0n) is 7.41. The predicted octanol–water partition coefficient (Wildman–Crippen LogP) is 3.99. The van der Waals surface area contributed by atoms with Gasteiger partial charge in [-0.1, -0.05) is 49.5 Å². The van der Waals surface area contributed by atoms with Gasteiger partial charge in [-0.05, 0) is 18.3 Å². The van der Waals surface area contributed by atoms with Crippen LogP contribution in [-0.4, -0.2) is 5.33 Å². The molecule has 0 bridgehead atoms. The molecule has 0 rings (SSSR count). The van der Waals surface area contributed by atoms with Crippen LogP contribution in [0.1, 0.15) is 46.5 Å². The summed E-state index contributed by atoms with van der Waals surface area (Å²) >= 11 is 3.44. The third kappa shape index (κ3) is 5.28. The number of rotatable bonds is 5. The van der Waals surface area contributed by atoms with Gasteiger partial charge in [-0.2, -0.15) is 0 Å². The first-order chi connectivity index (χ1) is 4.62. The Balaban J connectivity index is 3.28. The van der Waals surface area contributed by atoms with Gasteiger partial charge in [0.15, 0.2) is 0 Å². The summed E-state index contributed by atoms with van der Waals surface area (Å²) in [7, 11) is 0. The van der Waals surface area contributed by atoms with E-state index in [-0.39, 0.29) is 0 Å². The predicted molar refractivity (Wildman–Crippen MR) is 51.7 cm³/mol. The maximum absolute atomic E-state index is 3.44. The standard InChI is InChI=1S/C9H19Br/c1-4-9(2,3)7-5-6-8-10/h4-8H2,1-3H3. The van der Waals surface area contributed by atoms with Crippen LogP contribution in [0, 0.1) is 5.41 Å². The molecule has 0 nitrogen and oxygen atoms in total. The highest BCUT2D eigenvalue weighted by Crippen LogP contribution is 2.26. The molecule has 0 saturated heterocycles. The molecule has 0 atom stereocenters. The van der Waals surface area contributed by atoms with Gasteiger partial charge in [0.1, 0.15) is 0 Å². The lowest BCUT2D eigenvalue weighted by Crippen LogP contribution is -2.08. The molecule has 0 unspecified atom stereocenters. The van der Waals surface area contributed by atoms with Crippen LogP contribution < -0.4 is 0 Å². The van der Waals surface area contributed by atoms with E-state index in [0.717, 1.165) is 5.33 Å². The first kappa shape index (κ1) is 10.5. The second-order valence-electron chi connectivity index (χ2n) is 3.66.